The molecule has 0 spiro atoms. The van der Waals surface area contributed by atoms with Crippen LogP contribution in [0.3, 0.4) is 0 Å². The minimum Gasteiger partial charge on any atom is -0.349 e. The monoisotopic (exact) mass is 278 g/mol. The quantitative estimate of drug-likeness (QED) is 0.868. The lowest BCUT2D eigenvalue weighted by Gasteiger charge is -2.30. The molecule has 6 heteroatoms. The number of amides is 2. The highest BCUT2D eigenvalue weighted by Crippen LogP contribution is 2.25. The van der Waals surface area contributed by atoms with E-state index in [2.05, 4.69) is 15.5 Å². The number of aromatic amines is 1. The first kappa shape index (κ1) is 14.6. The van der Waals surface area contributed by atoms with Gasteiger partial charge in [0.05, 0.1) is 12.2 Å². The minimum atomic E-state index is -0.452. The summed E-state index contributed by atoms with van der Waals surface area (Å²) in [7, 11) is 0. The largest absolute Gasteiger partial charge is 0.349 e. The van der Waals surface area contributed by atoms with Crippen LogP contribution in [0.15, 0.2) is 12.3 Å². The van der Waals surface area contributed by atoms with E-state index in [9.17, 15) is 9.59 Å². The molecule has 1 unspecified atom stereocenters. The van der Waals surface area contributed by atoms with Crippen molar-refractivity contribution in [2.24, 2.45) is 5.41 Å². The number of rotatable bonds is 3. The predicted octanol–water partition coefficient (Wildman–Crippen LogP) is 1.06. The lowest BCUT2D eigenvalue weighted by atomic mass is 9.94. The van der Waals surface area contributed by atoms with Crippen LogP contribution in [0, 0.1) is 5.41 Å². The normalized spacial score (nSPS) is 19.1. The van der Waals surface area contributed by atoms with Gasteiger partial charge in [0, 0.05) is 18.2 Å². The number of carbonyl (C=O) groups is 2. The van der Waals surface area contributed by atoms with Crippen LogP contribution in [0.2, 0.25) is 0 Å². The van der Waals surface area contributed by atoms with Crippen LogP contribution < -0.4 is 5.32 Å². The summed E-state index contributed by atoms with van der Waals surface area (Å²) in [6.45, 7) is 6.72. The summed E-state index contributed by atoms with van der Waals surface area (Å²) < 4.78 is 0. The van der Waals surface area contributed by atoms with Gasteiger partial charge >= 0.3 is 0 Å². The lowest BCUT2D eigenvalue weighted by molar-refractivity contribution is -0.144. The predicted molar refractivity (Wildman–Crippen MR) is 74.6 cm³/mol. The van der Waals surface area contributed by atoms with Crippen LogP contribution in [-0.4, -0.2) is 39.5 Å². The van der Waals surface area contributed by atoms with Crippen LogP contribution in [0.1, 0.15) is 39.3 Å². The molecule has 2 amide bonds. The molecule has 0 aromatic carbocycles. The van der Waals surface area contributed by atoms with Crippen molar-refractivity contribution < 1.29 is 9.59 Å². The summed E-state index contributed by atoms with van der Waals surface area (Å²) >= 11 is 0. The highest BCUT2D eigenvalue weighted by atomic mass is 16.2. The molecule has 2 rings (SSSR count). The first-order chi connectivity index (χ1) is 9.39. The topological polar surface area (TPSA) is 78.1 Å². The highest BCUT2D eigenvalue weighted by molar-refractivity contribution is 5.90. The Hall–Kier alpha value is -1.85. The van der Waals surface area contributed by atoms with Gasteiger partial charge in [-0.05, 0) is 18.9 Å². The zero-order valence-electron chi connectivity index (χ0n) is 12.3. The smallest absolute Gasteiger partial charge is 0.243 e. The molecule has 1 saturated heterocycles. The number of aromatic nitrogens is 2. The average molecular weight is 278 g/mol. The number of likely N-dealkylation sites (tertiary alicyclic amines) is 1. The third kappa shape index (κ3) is 3.18. The second-order valence-electron chi connectivity index (χ2n) is 6.21. The van der Waals surface area contributed by atoms with Crippen molar-refractivity contribution >= 4 is 11.8 Å². The van der Waals surface area contributed by atoms with E-state index >= 15 is 0 Å². The van der Waals surface area contributed by atoms with Crippen LogP contribution in [-0.2, 0) is 16.1 Å². The molecular weight excluding hydrogens is 256 g/mol. The summed E-state index contributed by atoms with van der Waals surface area (Å²) in [5.41, 5.74) is 0.400. The van der Waals surface area contributed by atoms with Crippen LogP contribution in [0.5, 0.6) is 0 Å². The molecule has 1 aliphatic heterocycles. The van der Waals surface area contributed by atoms with Gasteiger partial charge in [0.1, 0.15) is 6.04 Å². The van der Waals surface area contributed by atoms with Crippen molar-refractivity contribution in [2.75, 3.05) is 6.54 Å². The maximum absolute atomic E-state index is 12.3. The van der Waals surface area contributed by atoms with Gasteiger partial charge in [-0.15, -0.1) is 0 Å². The maximum atomic E-state index is 12.3. The Labute approximate surface area is 118 Å². The standard InChI is InChI=1S/C14H22N4O2/c1-14(2,3)13(20)18-8-4-5-11(18)12(19)15-9-10-6-7-16-17-10/h6-7,11H,4-5,8-9H2,1-3H3,(H,15,19)(H,16,17). The number of nitrogens with zero attached hydrogens (tertiary/aromatic N) is 2. The van der Waals surface area contributed by atoms with E-state index in [-0.39, 0.29) is 17.9 Å². The van der Waals surface area contributed by atoms with E-state index < -0.39 is 5.41 Å². The van der Waals surface area contributed by atoms with Gasteiger partial charge < -0.3 is 10.2 Å². The first-order valence-electron chi connectivity index (χ1n) is 6.96. The fourth-order valence-corrected chi connectivity index (χ4v) is 2.40. The summed E-state index contributed by atoms with van der Waals surface area (Å²) in [5, 5.41) is 9.49. The molecule has 20 heavy (non-hydrogen) atoms. The van der Waals surface area contributed by atoms with Crippen LogP contribution in [0.4, 0.5) is 0 Å². The van der Waals surface area contributed by atoms with E-state index in [1.165, 1.54) is 0 Å². The fraction of sp³-hybridized carbons (Fsp3) is 0.643. The van der Waals surface area contributed by atoms with E-state index in [0.717, 1.165) is 18.5 Å². The molecule has 0 radical (unpaired) electrons. The molecule has 1 aromatic rings. The third-order valence-electron chi connectivity index (χ3n) is 3.47. The lowest BCUT2D eigenvalue weighted by Crippen LogP contribution is -2.49. The van der Waals surface area contributed by atoms with Crippen LogP contribution in [0.25, 0.3) is 0 Å². The van der Waals surface area contributed by atoms with Gasteiger partial charge in [-0.1, -0.05) is 20.8 Å². The van der Waals surface area contributed by atoms with Gasteiger partial charge in [-0.3, -0.25) is 14.7 Å². The molecule has 1 aliphatic rings. The third-order valence-corrected chi connectivity index (χ3v) is 3.47. The van der Waals surface area contributed by atoms with Crippen molar-refractivity contribution in [1.29, 1.82) is 0 Å². The van der Waals surface area contributed by atoms with Gasteiger partial charge in [-0.2, -0.15) is 5.10 Å². The molecule has 0 aliphatic carbocycles. The average Bonchev–Trinajstić information content (AvgIpc) is 3.04. The zero-order chi connectivity index (χ0) is 14.8. The molecule has 1 atom stereocenters. The van der Waals surface area contributed by atoms with E-state index in [0.29, 0.717) is 13.1 Å². The highest BCUT2D eigenvalue weighted by Gasteiger charge is 2.38. The second-order valence-corrected chi connectivity index (χ2v) is 6.21. The van der Waals surface area contributed by atoms with Crippen molar-refractivity contribution in [2.45, 2.75) is 46.2 Å². The number of H-pyrrole nitrogens is 1. The Bertz CT molecular complexity index is 476. The summed E-state index contributed by atoms with van der Waals surface area (Å²) in [4.78, 5) is 26.3. The van der Waals surface area contributed by atoms with Crippen LogP contribution >= 0.6 is 0 Å². The second kappa shape index (κ2) is 5.64. The molecule has 110 valence electrons. The number of carbonyl (C=O) groups excluding carboxylic acids is 2. The van der Waals surface area contributed by atoms with Gasteiger partial charge in [0.15, 0.2) is 0 Å². The first-order valence-corrected chi connectivity index (χ1v) is 6.96. The Morgan fingerprint density at radius 2 is 2.25 bits per heavy atom. The molecule has 2 N–H and O–H groups in total. The minimum absolute atomic E-state index is 0.0386. The molecule has 0 saturated carbocycles. The van der Waals surface area contributed by atoms with Crippen molar-refractivity contribution in [3.05, 3.63) is 18.0 Å². The number of hydrogen-bond donors (Lipinski definition) is 2. The van der Waals surface area contributed by atoms with Gasteiger partial charge in [-0.25, -0.2) is 0 Å². The Morgan fingerprint density at radius 1 is 1.50 bits per heavy atom. The fourth-order valence-electron chi connectivity index (χ4n) is 2.40. The Kier molecular flexibility index (Phi) is 4.11. The molecule has 0 bridgehead atoms. The molecule has 1 fully saturated rings. The van der Waals surface area contributed by atoms with Gasteiger partial charge in [0.2, 0.25) is 11.8 Å². The summed E-state index contributed by atoms with van der Waals surface area (Å²) in [5.74, 6) is -0.0496. The summed E-state index contributed by atoms with van der Waals surface area (Å²) in [6.07, 6.45) is 3.26. The van der Waals surface area contributed by atoms with E-state index in [1.807, 2.05) is 26.8 Å². The Balaban J connectivity index is 1.96. The molecular formula is C14H22N4O2. The van der Waals surface area contributed by atoms with Crippen molar-refractivity contribution in [1.82, 2.24) is 20.4 Å². The molecule has 6 nitrogen and oxygen atoms in total. The molecule has 2 heterocycles. The van der Waals surface area contributed by atoms with Crippen molar-refractivity contribution in [3.8, 4) is 0 Å². The Morgan fingerprint density at radius 3 is 2.85 bits per heavy atom. The molecule has 1 aromatic heterocycles. The van der Waals surface area contributed by atoms with Gasteiger partial charge in [0.25, 0.3) is 0 Å². The maximum Gasteiger partial charge on any atom is 0.243 e. The SMILES string of the molecule is CC(C)(C)C(=O)N1CCCC1C(=O)NCc1ccn[nH]1. The van der Waals surface area contributed by atoms with E-state index in [1.54, 1.807) is 11.1 Å². The number of hydrogen-bond acceptors (Lipinski definition) is 3. The van der Waals surface area contributed by atoms with E-state index in [4.69, 9.17) is 0 Å². The number of nitrogens with one attached hydrogen (secondary N) is 2. The summed E-state index contributed by atoms with van der Waals surface area (Å²) in [6, 6.07) is 1.47. The van der Waals surface area contributed by atoms with Crippen molar-refractivity contribution in [3.63, 3.8) is 0 Å². The zero-order valence-corrected chi connectivity index (χ0v) is 12.3.